The van der Waals surface area contributed by atoms with Crippen LogP contribution in [0.4, 0.5) is 0 Å². The van der Waals surface area contributed by atoms with E-state index in [1.807, 2.05) is 30.3 Å². The number of para-hydroxylation sites is 1. The summed E-state index contributed by atoms with van der Waals surface area (Å²) in [5, 5.41) is 7.95. The van der Waals surface area contributed by atoms with Crippen molar-refractivity contribution >= 4 is 16.1 Å². The van der Waals surface area contributed by atoms with Gasteiger partial charge in [-0.25, -0.2) is 5.14 Å². The highest BCUT2D eigenvalue weighted by Crippen LogP contribution is 2.18. The van der Waals surface area contributed by atoms with E-state index in [2.05, 4.69) is 5.32 Å². The monoisotopic (exact) mass is 341 g/mol. The predicted octanol–water partition coefficient (Wildman–Crippen LogP) is 0.487. The fourth-order valence-corrected chi connectivity index (χ4v) is 3.23. The average molecular weight is 341 g/mol. The molecule has 128 valence electrons. The highest BCUT2D eigenvalue weighted by molar-refractivity contribution is 7.86. The second kappa shape index (κ2) is 8.28. The summed E-state index contributed by atoms with van der Waals surface area (Å²) in [6.07, 6.45) is 1.72. The number of carbonyl (C=O) groups excluding carboxylic acids is 1. The minimum atomic E-state index is -3.64. The zero-order valence-corrected chi connectivity index (χ0v) is 13.8. The second-order valence-electron chi connectivity index (χ2n) is 5.52. The summed E-state index contributed by atoms with van der Waals surface area (Å²) in [5.74, 6) is 0.635. The van der Waals surface area contributed by atoms with Crippen LogP contribution in [0.3, 0.4) is 0 Å². The van der Waals surface area contributed by atoms with Gasteiger partial charge in [0, 0.05) is 25.6 Å². The van der Waals surface area contributed by atoms with Gasteiger partial charge in [-0.3, -0.25) is 4.79 Å². The molecule has 23 heavy (non-hydrogen) atoms. The Morgan fingerprint density at radius 2 is 1.91 bits per heavy atom. The number of nitrogens with two attached hydrogens (primary N) is 1. The SMILES string of the molecule is NS(=O)(=O)N1CCC(C(=O)NCCCOc2ccccc2)CC1. The fourth-order valence-electron chi connectivity index (χ4n) is 2.51. The number of benzene rings is 1. The van der Waals surface area contributed by atoms with E-state index < -0.39 is 10.2 Å². The van der Waals surface area contributed by atoms with Crippen molar-refractivity contribution in [2.75, 3.05) is 26.2 Å². The molecule has 0 aliphatic carbocycles. The quantitative estimate of drug-likeness (QED) is 0.705. The third-order valence-corrected chi connectivity index (χ3v) is 4.90. The number of nitrogens with zero attached hydrogens (tertiary/aromatic N) is 1. The number of amides is 1. The summed E-state index contributed by atoms with van der Waals surface area (Å²) in [5.41, 5.74) is 0. The third kappa shape index (κ3) is 5.81. The smallest absolute Gasteiger partial charge is 0.276 e. The minimum Gasteiger partial charge on any atom is -0.494 e. The topological polar surface area (TPSA) is 102 Å². The molecule has 1 aliphatic heterocycles. The maximum Gasteiger partial charge on any atom is 0.276 e. The van der Waals surface area contributed by atoms with E-state index in [1.165, 1.54) is 4.31 Å². The van der Waals surface area contributed by atoms with Crippen LogP contribution < -0.4 is 15.2 Å². The molecule has 0 spiro atoms. The molecule has 0 radical (unpaired) electrons. The maximum atomic E-state index is 12.0. The van der Waals surface area contributed by atoms with Crippen molar-refractivity contribution in [3.8, 4) is 5.75 Å². The van der Waals surface area contributed by atoms with Crippen LogP contribution in [0.15, 0.2) is 30.3 Å². The number of ether oxygens (including phenoxy) is 1. The van der Waals surface area contributed by atoms with Crippen LogP contribution in [0.25, 0.3) is 0 Å². The molecular weight excluding hydrogens is 318 g/mol. The van der Waals surface area contributed by atoms with E-state index >= 15 is 0 Å². The van der Waals surface area contributed by atoms with Crippen molar-refractivity contribution in [1.82, 2.24) is 9.62 Å². The Bertz CT molecular complexity index is 598. The van der Waals surface area contributed by atoms with Crippen molar-refractivity contribution in [2.24, 2.45) is 11.1 Å². The summed E-state index contributed by atoms with van der Waals surface area (Å²) < 4.78 is 29.2. The zero-order chi connectivity index (χ0) is 16.7. The molecule has 0 unspecified atom stereocenters. The van der Waals surface area contributed by atoms with Gasteiger partial charge in [0.2, 0.25) is 5.91 Å². The summed E-state index contributed by atoms with van der Waals surface area (Å²) in [6, 6.07) is 9.51. The summed E-state index contributed by atoms with van der Waals surface area (Å²) in [7, 11) is -3.64. The molecule has 1 aromatic rings. The van der Waals surface area contributed by atoms with Crippen molar-refractivity contribution in [2.45, 2.75) is 19.3 Å². The number of rotatable bonds is 7. The van der Waals surface area contributed by atoms with Crippen molar-refractivity contribution in [1.29, 1.82) is 0 Å². The molecule has 2 rings (SSSR count). The molecule has 0 saturated carbocycles. The first kappa shape index (κ1) is 17.7. The Hall–Kier alpha value is -1.64. The van der Waals surface area contributed by atoms with Gasteiger partial charge < -0.3 is 10.1 Å². The maximum absolute atomic E-state index is 12.0. The molecule has 1 aliphatic rings. The first-order chi connectivity index (χ1) is 11.0. The van der Waals surface area contributed by atoms with Gasteiger partial charge >= 0.3 is 0 Å². The first-order valence-corrected chi connectivity index (χ1v) is 9.20. The molecule has 3 N–H and O–H groups in total. The lowest BCUT2D eigenvalue weighted by Gasteiger charge is -2.29. The Kier molecular flexibility index (Phi) is 6.37. The van der Waals surface area contributed by atoms with Crippen LogP contribution in [0.1, 0.15) is 19.3 Å². The van der Waals surface area contributed by atoms with E-state index in [0.29, 0.717) is 39.1 Å². The molecule has 1 fully saturated rings. The van der Waals surface area contributed by atoms with E-state index in [0.717, 1.165) is 12.2 Å². The number of carbonyl (C=O) groups is 1. The van der Waals surface area contributed by atoms with E-state index in [-0.39, 0.29) is 11.8 Å². The first-order valence-electron chi connectivity index (χ1n) is 7.70. The highest BCUT2D eigenvalue weighted by Gasteiger charge is 2.28. The Balaban J connectivity index is 1.60. The molecule has 1 amide bonds. The standard InChI is InChI=1S/C15H23N3O4S/c16-23(20,21)18-10-7-13(8-11-18)15(19)17-9-4-12-22-14-5-2-1-3-6-14/h1-3,5-6,13H,4,7-12H2,(H,17,19)(H2,16,20,21). The van der Waals surface area contributed by atoms with Crippen LogP contribution in [0, 0.1) is 5.92 Å². The van der Waals surface area contributed by atoms with Crippen LogP contribution in [0.5, 0.6) is 5.75 Å². The van der Waals surface area contributed by atoms with Crippen molar-refractivity contribution < 1.29 is 17.9 Å². The predicted molar refractivity (Wildman–Crippen MR) is 87.0 cm³/mol. The summed E-state index contributed by atoms with van der Waals surface area (Å²) in [4.78, 5) is 12.0. The number of piperidine rings is 1. The summed E-state index contributed by atoms with van der Waals surface area (Å²) in [6.45, 7) is 1.68. The molecular formula is C15H23N3O4S. The minimum absolute atomic E-state index is 0.0289. The Morgan fingerprint density at radius 3 is 2.52 bits per heavy atom. The Morgan fingerprint density at radius 1 is 1.26 bits per heavy atom. The molecule has 1 heterocycles. The third-order valence-electron chi connectivity index (χ3n) is 3.82. The van der Waals surface area contributed by atoms with Crippen LogP contribution >= 0.6 is 0 Å². The van der Waals surface area contributed by atoms with Gasteiger partial charge in [-0.2, -0.15) is 12.7 Å². The highest BCUT2D eigenvalue weighted by atomic mass is 32.2. The van der Waals surface area contributed by atoms with Gasteiger partial charge in [-0.05, 0) is 31.4 Å². The molecule has 0 bridgehead atoms. The van der Waals surface area contributed by atoms with E-state index in [1.54, 1.807) is 0 Å². The van der Waals surface area contributed by atoms with Crippen LogP contribution in [0.2, 0.25) is 0 Å². The molecule has 8 heteroatoms. The van der Waals surface area contributed by atoms with Crippen molar-refractivity contribution in [3.05, 3.63) is 30.3 Å². The summed E-state index contributed by atoms with van der Waals surface area (Å²) >= 11 is 0. The second-order valence-corrected chi connectivity index (χ2v) is 7.07. The molecule has 7 nitrogen and oxygen atoms in total. The number of hydrogen-bond donors (Lipinski definition) is 2. The largest absolute Gasteiger partial charge is 0.494 e. The molecule has 1 aromatic carbocycles. The fraction of sp³-hybridized carbons (Fsp3) is 0.533. The average Bonchev–Trinajstić information content (AvgIpc) is 2.54. The van der Waals surface area contributed by atoms with E-state index in [4.69, 9.17) is 9.88 Å². The molecule has 1 saturated heterocycles. The van der Waals surface area contributed by atoms with Crippen LogP contribution in [-0.2, 0) is 15.0 Å². The normalized spacial score (nSPS) is 16.9. The Labute approximate surface area is 137 Å². The molecule has 0 atom stereocenters. The van der Waals surface area contributed by atoms with Gasteiger partial charge in [0.15, 0.2) is 0 Å². The van der Waals surface area contributed by atoms with Gasteiger partial charge in [0.05, 0.1) is 6.61 Å². The lowest BCUT2D eigenvalue weighted by molar-refractivity contribution is -0.126. The van der Waals surface area contributed by atoms with Gasteiger partial charge in [0.1, 0.15) is 5.75 Å². The van der Waals surface area contributed by atoms with Gasteiger partial charge in [-0.15, -0.1) is 0 Å². The van der Waals surface area contributed by atoms with E-state index in [9.17, 15) is 13.2 Å². The lowest BCUT2D eigenvalue weighted by Crippen LogP contribution is -2.45. The van der Waals surface area contributed by atoms with Gasteiger partial charge in [-0.1, -0.05) is 18.2 Å². The van der Waals surface area contributed by atoms with Gasteiger partial charge in [0.25, 0.3) is 10.2 Å². The van der Waals surface area contributed by atoms with Crippen LogP contribution in [-0.4, -0.2) is 44.9 Å². The number of hydrogen-bond acceptors (Lipinski definition) is 4. The number of nitrogens with one attached hydrogen (secondary N) is 1. The zero-order valence-electron chi connectivity index (χ0n) is 13.0. The van der Waals surface area contributed by atoms with Crippen molar-refractivity contribution in [3.63, 3.8) is 0 Å². The lowest BCUT2D eigenvalue weighted by atomic mass is 9.97. The molecule has 0 aromatic heterocycles.